The largest absolute Gasteiger partial charge is 0.366 e. The van der Waals surface area contributed by atoms with E-state index in [1.54, 1.807) is 0 Å². The van der Waals surface area contributed by atoms with Gasteiger partial charge in [0.1, 0.15) is 0 Å². The van der Waals surface area contributed by atoms with Crippen LogP contribution in [-0.4, -0.2) is 21.1 Å². The summed E-state index contributed by atoms with van der Waals surface area (Å²) in [5, 5.41) is 8.87. The van der Waals surface area contributed by atoms with Crippen molar-refractivity contribution in [3.8, 4) is 0 Å². The molecule has 1 aromatic heterocycles. The summed E-state index contributed by atoms with van der Waals surface area (Å²) in [4.78, 5) is 15.7. The van der Waals surface area contributed by atoms with Crippen LogP contribution in [0.3, 0.4) is 0 Å². The molecule has 0 saturated heterocycles. The summed E-state index contributed by atoms with van der Waals surface area (Å²) in [5.41, 5.74) is 8.03. The number of carbonyl (C=O) groups is 1. The number of nitrogens with zero attached hydrogens (tertiary/aromatic N) is 2. The molecule has 94 valence electrons. The summed E-state index contributed by atoms with van der Waals surface area (Å²) in [6.45, 7) is 3.84. The average Bonchev–Trinajstić information content (AvgIpc) is 2.70. The number of nitrogens with two attached hydrogens (primary N) is 1. The summed E-state index contributed by atoms with van der Waals surface area (Å²) in [6.07, 6.45) is 0. The first-order valence-corrected chi connectivity index (χ1v) is 6.02. The minimum Gasteiger partial charge on any atom is -0.366 e. The van der Waals surface area contributed by atoms with Gasteiger partial charge in [-0.2, -0.15) is 4.98 Å². The Hall–Kier alpha value is -1.89. The molecule has 0 unspecified atom stereocenters. The number of carbonyl (C=O) groups excluding carboxylic acids is 1. The Morgan fingerprint density at radius 3 is 2.50 bits per heavy atom. The van der Waals surface area contributed by atoms with E-state index >= 15 is 0 Å². The van der Waals surface area contributed by atoms with Gasteiger partial charge in [-0.05, 0) is 37.1 Å². The highest BCUT2D eigenvalue weighted by atomic mass is 79.9. The molecule has 0 aliphatic heterocycles. The molecule has 0 saturated carbocycles. The third kappa shape index (κ3) is 2.51. The number of nitrogen functional groups attached to an aromatic ring is 1. The molecule has 6 nitrogen and oxygen atoms in total. The Balaban J connectivity index is 2.27. The highest BCUT2D eigenvalue weighted by Gasteiger charge is 2.13. The lowest BCUT2D eigenvalue weighted by molar-refractivity contribution is 0.101. The highest BCUT2D eigenvalue weighted by Crippen LogP contribution is 2.25. The molecule has 0 atom stereocenters. The van der Waals surface area contributed by atoms with Crippen molar-refractivity contribution < 1.29 is 4.79 Å². The van der Waals surface area contributed by atoms with Gasteiger partial charge in [-0.3, -0.25) is 9.89 Å². The second kappa shape index (κ2) is 4.77. The first-order chi connectivity index (χ1) is 8.47. The van der Waals surface area contributed by atoms with E-state index in [2.05, 4.69) is 36.4 Å². The quantitative estimate of drug-likeness (QED) is 0.790. The molecule has 2 aromatic rings. The maximum absolute atomic E-state index is 11.9. The van der Waals surface area contributed by atoms with Crippen molar-refractivity contribution in [1.82, 2.24) is 15.2 Å². The number of hydrogen-bond donors (Lipinski definition) is 3. The average molecular weight is 310 g/mol. The Kier molecular flexibility index (Phi) is 3.33. The van der Waals surface area contributed by atoms with Crippen LogP contribution < -0.4 is 11.1 Å². The molecule has 7 heteroatoms. The molecule has 1 aromatic carbocycles. The van der Waals surface area contributed by atoms with Crippen LogP contribution in [0.4, 0.5) is 11.6 Å². The maximum atomic E-state index is 11.9. The number of hydrogen-bond acceptors (Lipinski definition) is 4. The number of amides is 1. The first kappa shape index (κ1) is 12.6. The fourth-order valence-electron chi connectivity index (χ4n) is 1.66. The number of aryl methyl sites for hydroxylation is 2. The van der Waals surface area contributed by atoms with Gasteiger partial charge >= 0.3 is 0 Å². The molecule has 0 fully saturated rings. The lowest BCUT2D eigenvalue weighted by Crippen LogP contribution is -2.15. The van der Waals surface area contributed by atoms with E-state index in [1.165, 1.54) is 0 Å². The third-order valence-corrected chi connectivity index (χ3v) is 2.91. The summed E-state index contributed by atoms with van der Waals surface area (Å²) < 4.78 is 0.972. The highest BCUT2D eigenvalue weighted by molar-refractivity contribution is 9.10. The third-order valence-electron chi connectivity index (χ3n) is 2.45. The second-order valence-electron chi connectivity index (χ2n) is 3.91. The van der Waals surface area contributed by atoms with Crippen LogP contribution in [0.25, 0.3) is 0 Å². The van der Waals surface area contributed by atoms with E-state index in [4.69, 9.17) is 5.73 Å². The smallest absolute Gasteiger partial charge is 0.293 e. The molecule has 4 N–H and O–H groups in total. The zero-order chi connectivity index (χ0) is 13.3. The molecule has 1 heterocycles. The van der Waals surface area contributed by atoms with Crippen molar-refractivity contribution in [3.05, 3.63) is 33.6 Å². The summed E-state index contributed by atoms with van der Waals surface area (Å²) in [7, 11) is 0. The number of aromatic nitrogens is 3. The van der Waals surface area contributed by atoms with Gasteiger partial charge < -0.3 is 11.1 Å². The van der Waals surface area contributed by atoms with Gasteiger partial charge in [0.2, 0.25) is 11.8 Å². The van der Waals surface area contributed by atoms with E-state index in [1.807, 2.05) is 26.0 Å². The summed E-state index contributed by atoms with van der Waals surface area (Å²) in [6, 6.07) is 3.86. The maximum Gasteiger partial charge on any atom is 0.293 e. The molecule has 0 aliphatic rings. The van der Waals surface area contributed by atoms with E-state index < -0.39 is 0 Å². The van der Waals surface area contributed by atoms with Gasteiger partial charge in [-0.25, -0.2) is 0 Å². The predicted octanol–water partition coefficient (Wildman–Crippen LogP) is 2.02. The standard InChI is InChI=1S/C11H12BrN5O/c1-5-3-7(12)4-6(2)8(5)14-10(18)9-15-11(13)17-16-9/h3-4H,1-2H3,(H,14,18)(H3,13,15,16,17). The molecule has 0 aliphatic carbocycles. The van der Waals surface area contributed by atoms with Gasteiger partial charge in [0.15, 0.2) is 0 Å². The Labute approximate surface area is 112 Å². The predicted molar refractivity (Wildman–Crippen MR) is 72.4 cm³/mol. The fraction of sp³-hybridized carbons (Fsp3) is 0.182. The molecular formula is C11H12BrN5O. The van der Waals surface area contributed by atoms with Crippen LogP contribution in [0.15, 0.2) is 16.6 Å². The first-order valence-electron chi connectivity index (χ1n) is 5.23. The molecule has 0 spiro atoms. The fourth-order valence-corrected chi connectivity index (χ4v) is 2.34. The number of nitrogens with one attached hydrogen (secondary N) is 2. The van der Waals surface area contributed by atoms with Gasteiger partial charge in [0, 0.05) is 10.2 Å². The number of halogens is 1. The van der Waals surface area contributed by atoms with Gasteiger partial charge in [0.05, 0.1) is 0 Å². The van der Waals surface area contributed by atoms with Crippen LogP contribution >= 0.6 is 15.9 Å². The number of H-pyrrole nitrogens is 1. The normalized spacial score (nSPS) is 10.4. The lowest BCUT2D eigenvalue weighted by Gasteiger charge is -2.11. The van der Waals surface area contributed by atoms with Crippen LogP contribution in [-0.2, 0) is 0 Å². The zero-order valence-electron chi connectivity index (χ0n) is 9.91. The Morgan fingerprint density at radius 2 is 2.00 bits per heavy atom. The number of rotatable bonds is 2. The van der Waals surface area contributed by atoms with Crippen molar-refractivity contribution in [2.75, 3.05) is 11.1 Å². The molecular weight excluding hydrogens is 298 g/mol. The molecule has 2 rings (SSSR count). The topological polar surface area (TPSA) is 96.7 Å². The zero-order valence-corrected chi connectivity index (χ0v) is 11.5. The van der Waals surface area contributed by atoms with Crippen molar-refractivity contribution in [1.29, 1.82) is 0 Å². The van der Waals surface area contributed by atoms with Gasteiger partial charge in [0.25, 0.3) is 5.91 Å². The number of anilines is 2. The molecule has 1 amide bonds. The van der Waals surface area contributed by atoms with E-state index in [0.717, 1.165) is 21.3 Å². The van der Waals surface area contributed by atoms with Gasteiger partial charge in [-0.15, -0.1) is 5.10 Å². The van der Waals surface area contributed by atoms with Crippen LogP contribution in [0.5, 0.6) is 0 Å². The van der Waals surface area contributed by atoms with Crippen molar-refractivity contribution in [3.63, 3.8) is 0 Å². The number of benzene rings is 1. The van der Waals surface area contributed by atoms with Crippen molar-refractivity contribution in [2.45, 2.75) is 13.8 Å². The monoisotopic (exact) mass is 309 g/mol. The minimum atomic E-state index is -0.368. The molecule has 0 bridgehead atoms. The van der Waals surface area contributed by atoms with Crippen LogP contribution in [0.1, 0.15) is 21.7 Å². The van der Waals surface area contributed by atoms with E-state index in [0.29, 0.717) is 0 Å². The lowest BCUT2D eigenvalue weighted by atomic mass is 10.1. The number of aromatic amines is 1. The molecule has 0 radical (unpaired) electrons. The van der Waals surface area contributed by atoms with Crippen LogP contribution in [0, 0.1) is 13.8 Å². The van der Waals surface area contributed by atoms with Crippen molar-refractivity contribution in [2.24, 2.45) is 0 Å². The van der Waals surface area contributed by atoms with Crippen LogP contribution in [0.2, 0.25) is 0 Å². The van der Waals surface area contributed by atoms with Crippen molar-refractivity contribution >= 4 is 33.5 Å². The Morgan fingerprint density at radius 1 is 1.39 bits per heavy atom. The summed E-state index contributed by atoms with van der Waals surface area (Å²) >= 11 is 3.40. The molecule has 18 heavy (non-hydrogen) atoms. The Bertz CT molecular complexity index is 584. The minimum absolute atomic E-state index is 0.0457. The second-order valence-corrected chi connectivity index (χ2v) is 4.83. The van der Waals surface area contributed by atoms with Gasteiger partial charge in [-0.1, -0.05) is 15.9 Å². The van der Waals surface area contributed by atoms with E-state index in [-0.39, 0.29) is 17.7 Å². The summed E-state index contributed by atoms with van der Waals surface area (Å²) in [5.74, 6) is -0.230. The van der Waals surface area contributed by atoms with E-state index in [9.17, 15) is 4.79 Å². The SMILES string of the molecule is Cc1cc(Br)cc(C)c1NC(=O)c1nc(N)n[nH]1.